The molecule has 1 aromatic heterocycles. The van der Waals surface area contributed by atoms with E-state index in [0.717, 1.165) is 0 Å². The second-order valence-electron chi connectivity index (χ2n) is 3.13. The van der Waals surface area contributed by atoms with E-state index in [1.54, 1.807) is 0 Å². The normalized spacial score (nSPS) is 10.7. The Labute approximate surface area is 96.0 Å². The highest BCUT2D eigenvalue weighted by molar-refractivity contribution is 6.30. The third-order valence-electron chi connectivity index (χ3n) is 1.96. The zero-order valence-electron chi connectivity index (χ0n) is 8.27. The third-order valence-corrected chi connectivity index (χ3v) is 2.25. The van der Waals surface area contributed by atoms with Gasteiger partial charge >= 0.3 is 0 Å². The molecular formula is C9H9ClFN5. The molecule has 0 spiro atoms. The molecule has 0 bridgehead atoms. The number of halogens is 2. The molecule has 0 saturated heterocycles. The number of nitrogens with zero attached hydrogens (tertiary/aromatic N) is 4. The van der Waals surface area contributed by atoms with E-state index in [1.807, 2.05) is 0 Å². The molecule has 1 heterocycles. The predicted octanol–water partition coefficient (Wildman–Crippen LogP) is 0.956. The standard InChI is InChI=1S/C9H9ClFN5/c10-7-5-6(1-2-8(7)11)16-14-9(3-4-12)13-15-16/h1-2,5H,3-4,12H2. The van der Waals surface area contributed by atoms with Crippen LogP contribution in [0.15, 0.2) is 18.2 Å². The van der Waals surface area contributed by atoms with Gasteiger partial charge in [0.2, 0.25) is 0 Å². The van der Waals surface area contributed by atoms with Crippen molar-refractivity contribution < 1.29 is 4.39 Å². The predicted molar refractivity (Wildman–Crippen MR) is 56.9 cm³/mol. The Hall–Kier alpha value is -1.53. The summed E-state index contributed by atoms with van der Waals surface area (Å²) in [7, 11) is 0. The van der Waals surface area contributed by atoms with Crippen LogP contribution in [0.25, 0.3) is 5.69 Å². The van der Waals surface area contributed by atoms with Gasteiger partial charge in [-0.1, -0.05) is 11.6 Å². The van der Waals surface area contributed by atoms with Crippen molar-refractivity contribution in [3.63, 3.8) is 0 Å². The fourth-order valence-corrected chi connectivity index (χ4v) is 1.37. The van der Waals surface area contributed by atoms with Gasteiger partial charge in [0.25, 0.3) is 0 Å². The van der Waals surface area contributed by atoms with E-state index in [2.05, 4.69) is 15.4 Å². The summed E-state index contributed by atoms with van der Waals surface area (Å²) in [6.45, 7) is 0.454. The average molecular weight is 242 g/mol. The SMILES string of the molecule is NCCc1nnn(-c2ccc(F)c(Cl)c2)n1. The minimum absolute atomic E-state index is 0.0233. The van der Waals surface area contributed by atoms with E-state index in [4.69, 9.17) is 17.3 Å². The first-order valence-electron chi connectivity index (χ1n) is 4.65. The second-order valence-corrected chi connectivity index (χ2v) is 3.54. The topological polar surface area (TPSA) is 69.6 Å². The third kappa shape index (κ3) is 2.17. The number of hydrogen-bond acceptors (Lipinski definition) is 4. The molecule has 0 amide bonds. The second kappa shape index (κ2) is 4.54. The molecule has 2 N–H and O–H groups in total. The van der Waals surface area contributed by atoms with Crippen LogP contribution in [0.1, 0.15) is 5.82 Å². The van der Waals surface area contributed by atoms with Crippen molar-refractivity contribution >= 4 is 11.6 Å². The number of rotatable bonds is 3. The van der Waals surface area contributed by atoms with Crippen LogP contribution < -0.4 is 5.73 Å². The van der Waals surface area contributed by atoms with Gasteiger partial charge in [-0.2, -0.15) is 0 Å². The molecule has 0 aliphatic carbocycles. The van der Waals surface area contributed by atoms with E-state index in [1.165, 1.54) is 23.0 Å². The summed E-state index contributed by atoms with van der Waals surface area (Å²) in [5.41, 5.74) is 5.92. The molecule has 0 saturated carbocycles. The summed E-state index contributed by atoms with van der Waals surface area (Å²) >= 11 is 5.65. The maximum Gasteiger partial charge on any atom is 0.176 e. The zero-order valence-corrected chi connectivity index (χ0v) is 9.02. The highest BCUT2D eigenvalue weighted by Crippen LogP contribution is 2.17. The van der Waals surface area contributed by atoms with Gasteiger partial charge in [0, 0.05) is 6.42 Å². The number of tetrazole rings is 1. The first-order valence-corrected chi connectivity index (χ1v) is 5.03. The Morgan fingerprint density at radius 2 is 2.25 bits per heavy atom. The van der Waals surface area contributed by atoms with E-state index in [9.17, 15) is 4.39 Å². The molecule has 5 nitrogen and oxygen atoms in total. The highest BCUT2D eigenvalue weighted by atomic mass is 35.5. The Morgan fingerprint density at radius 1 is 1.44 bits per heavy atom. The number of benzene rings is 1. The van der Waals surface area contributed by atoms with Gasteiger partial charge in [-0.15, -0.1) is 15.0 Å². The van der Waals surface area contributed by atoms with Crippen LogP contribution in [0.5, 0.6) is 0 Å². The van der Waals surface area contributed by atoms with Crippen LogP contribution in [0.3, 0.4) is 0 Å². The van der Waals surface area contributed by atoms with Crippen LogP contribution in [0.2, 0.25) is 5.02 Å². The Bertz CT molecular complexity index is 498. The molecule has 7 heteroatoms. The number of aromatic nitrogens is 4. The van der Waals surface area contributed by atoms with Crippen LogP contribution in [-0.2, 0) is 6.42 Å². The molecule has 84 valence electrons. The monoisotopic (exact) mass is 241 g/mol. The van der Waals surface area contributed by atoms with Crippen molar-refractivity contribution in [3.05, 3.63) is 34.9 Å². The first kappa shape index (κ1) is 11.0. The Balaban J connectivity index is 2.31. The molecule has 0 fully saturated rings. The summed E-state index contributed by atoms with van der Waals surface area (Å²) in [5, 5.41) is 11.7. The van der Waals surface area contributed by atoms with E-state index in [-0.39, 0.29) is 5.02 Å². The minimum atomic E-state index is -0.479. The molecule has 0 radical (unpaired) electrons. The molecule has 2 aromatic rings. The van der Waals surface area contributed by atoms with Crippen molar-refractivity contribution in [2.75, 3.05) is 6.54 Å². The molecule has 0 unspecified atom stereocenters. The largest absolute Gasteiger partial charge is 0.330 e. The maximum atomic E-state index is 12.9. The molecule has 2 rings (SSSR count). The summed E-state index contributed by atoms with van der Waals surface area (Å²) in [6.07, 6.45) is 0.551. The molecule has 0 aliphatic heterocycles. The van der Waals surface area contributed by atoms with E-state index in [0.29, 0.717) is 24.5 Å². The zero-order chi connectivity index (χ0) is 11.5. The van der Waals surface area contributed by atoms with Crippen molar-refractivity contribution in [1.29, 1.82) is 0 Å². The lowest BCUT2D eigenvalue weighted by molar-refractivity contribution is 0.625. The molecule has 0 atom stereocenters. The van der Waals surface area contributed by atoms with Crippen LogP contribution in [-0.4, -0.2) is 26.8 Å². The van der Waals surface area contributed by atoms with Gasteiger partial charge in [-0.3, -0.25) is 0 Å². The van der Waals surface area contributed by atoms with Crippen LogP contribution in [0, 0.1) is 5.82 Å². The van der Waals surface area contributed by atoms with Crippen LogP contribution >= 0.6 is 11.6 Å². The van der Waals surface area contributed by atoms with Gasteiger partial charge in [0.05, 0.1) is 10.7 Å². The molecule has 1 aromatic carbocycles. The lowest BCUT2D eigenvalue weighted by Gasteiger charge is -1.99. The molecule has 0 aliphatic rings. The van der Waals surface area contributed by atoms with Gasteiger partial charge < -0.3 is 5.73 Å². The van der Waals surface area contributed by atoms with Gasteiger partial charge in [-0.25, -0.2) is 4.39 Å². The van der Waals surface area contributed by atoms with Crippen molar-refractivity contribution in [2.24, 2.45) is 5.73 Å². The minimum Gasteiger partial charge on any atom is -0.330 e. The summed E-state index contributed by atoms with van der Waals surface area (Å²) in [4.78, 5) is 1.29. The number of hydrogen-bond donors (Lipinski definition) is 1. The summed E-state index contributed by atoms with van der Waals surface area (Å²) in [6, 6.07) is 4.21. The van der Waals surface area contributed by atoms with Gasteiger partial charge in [0.1, 0.15) is 5.82 Å². The Kier molecular flexibility index (Phi) is 3.12. The van der Waals surface area contributed by atoms with Gasteiger partial charge in [0.15, 0.2) is 5.82 Å². The molecular weight excluding hydrogens is 233 g/mol. The molecule has 16 heavy (non-hydrogen) atoms. The lowest BCUT2D eigenvalue weighted by Crippen LogP contribution is -2.05. The van der Waals surface area contributed by atoms with Crippen molar-refractivity contribution in [2.45, 2.75) is 6.42 Å². The van der Waals surface area contributed by atoms with E-state index < -0.39 is 5.82 Å². The van der Waals surface area contributed by atoms with Crippen LogP contribution in [0.4, 0.5) is 4.39 Å². The summed E-state index contributed by atoms with van der Waals surface area (Å²) < 4.78 is 12.9. The number of nitrogens with two attached hydrogens (primary N) is 1. The Morgan fingerprint density at radius 3 is 2.94 bits per heavy atom. The quantitative estimate of drug-likeness (QED) is 0.869. The van der Waals surface area contributed by atoms with Crippen molar-refractivity contribution in [3.8, 4) is 5.69 Å². The fraction of sp³-hybridized carbons (Fsp3) is 0.222. The lowest BCUT2D eigenvalue weighted by atomic mass is 10.3. The van der Waals surface area contributed by atoms with Crippen molar-refractivity contribution in [1.82, 2.24) is 20.2 Å². The van der Waals surface area contributed by atoms with Gasteiger partial charge in [-0.05, 0) is 30.0 Å². The average Bonchev–Trinajstić information content (AvgIpc) is 2.71. The smallest absolute Gasteiger partial charge is 0.176 e. The fourth-order valence-electron chi connectivity index (χ4n) is 1.19. The highest BCUT2D eigenvalue weighted by Gasteiger charge is 2.06. The summed E-state index contributed by atoms with van der Waals surface area (Å²) in [5.74, 6) is 0.0654. The van der Waals surface area contributed by atoms with E-state index >= 15 is 0 Å². The first-order chi connectivity index (χ1) is 7.70. The maximum absolute atomic E-state index is 12.9.